The summed E-state index contributed by atoms with van der Waals surface area (Å²) in [5.41, 5.74) is 0.0818. The number of nitrogens with zero attached hydrogens (tertiary/aromatic N) is 1. The number of pyridine rings is 1. The maximum absolute atomic E-state index is 14.7. The van der Waals surface area contributed by atoms with Gasteiger partial charge in [-0.1, -0.05) is 30.5 Å². The minimum absolute atomic E-state index is 0.130. The summed E-state index contributed by atoms with van der Waals surface area (Å²) in [5.74, 6) is -3.90. The number of carbonyl (C=O) groups excluding carboxylic acids is 2. The van der Waals surface area contributed by atoms with Crippen LogP contribution in [-0.2, 0) is 9.53 Å². The molecule has 1 heterocycles. The molecule has 1 aromatic heterocycles. The van der Waals surface area contributed by atoms with E-state index in [1.807, 2.05) is 0 Å². The lowest BCUT2D eigenvalue weighted by atomic mass is 9.95. The third-order valence-corrected chi connectivity index (χ3v) is 6.22. The van der Waals surface area contributed by atoms with E-state index in [1.165, 1.54) is 30.5 Å². The zero-order valence-electron chi connectivity index (χ0n) is 19.4. The third-order valence-electron chi connectivity index (χ3n) is 5.93. The number of nitrogens with one attached hydrogen (secondary N) is 1. The molecular formula is C26H21ClF4N2O4. The van der Waals surface area contributed by atoms with E-state index in [9.17, 15) is 27.2 Å². The molecule has 0 spiro atoms. The number of hydrogen-bond donors (Lipinski definition) is 1. The number of halogens is 5. The van der Waals surface area contributed by atoms with Gasteiger partial charge in [0, 0.05) is 17.4 Å². The van der Waals surface area contributed by atoms with E-state index in [1.54, 1.807) is 0 Å². The fourth-order valence-corrected chi connectivity index (χ4v) is 4.06. The molecular weight excluding hydrogens is 516 g/mol. The van der Waals surface area contributed by atoms with Crippen molar-refractivity contribution in [3.63, 3.8) is 0 Å². The van der Waals surface area contributed by atoms with Crippen molar-refractivity contribution in [2.75, 3.05) is 12.4 Å². The Morgan fingerprint density at radius 2 is 1.89 bits per heavy atom. The average molecular weight is 537 g/mol. The number of methoxy groups -OCH3 is 1. The first-order chi connectivity index (χ1) is 17.7. The maximum Gasteiger partial charge on any atom is 0.387 e. The molecule has 37 heavy (non-hydrogen) atoms. The fourth-order valence-electron chi connectivity index (χ4n) is 3.90. The lowest BCUT2D eigenvalue weighted by Crippen LogP contribution is -2.23. The molecule has 3 aromatic rings. The monoisotopic (exact) mass is 536 g/mol. The summed E-state index contributed by atoms with van der Waals surface area (Å²) < 4.78 is 63.7. The number of benzene rings is 2. The van der Waals surface area contributed by atoms with Gasteiger partial charge in [0.1, 0.15) is 11.6 Å². The molecule has 1 unspecified atom stereocenters. The first kappa shape index (κ1) is 26.4. The van der Waals surface area contributed by atoms with Crippen LogP contribution in [0, 0.1) is 17.6 Å². The van der Waals surface area contributed by atoms with E-state index in [2.05, 4.69) is 19.8 Å². The Labute approximate surface area is 214 Å². The maximum atomic E-state index is 14.7. The number of amides is 1. The summed E-state index contributed by atoms with van der Waals surface area (Å²) >= 11 is 5.84. The van der Waals surface area contributed by atoms with Crippen molar-refractivity contribution in [3.8, 4) is 16.9 Å². The molecule has 1 aliphatic carbocycles. The van der Waals surface area contributed by atoms with Crippen LogP contribution in [0.3, 0.4) is 0 Å². The number of anilines is 1. The van der Waals surface area contributed by atoms with Crippen molar-refractivity contribution in [1.82, 2.24) is 4.98 Å². The molecule has 11 heteroatoms. The number of rotatable bonds is 9. The molecule has 1 saturated carbocycles. The van der Waals surface area contributed by atoms with Crippen LogP contribution in [-0.4, -0.2) is 30.6 Å². The van der Waals surface area contributed by atoms with Gasteiger partial charge in [-0.15, -0.1) is 0 Å². The van der Waals surface area contributed by atoms with Crippen LogP contribution in [0.1, 0.15) is 41.2 Å². The van der Waals surface area contributed by atoms with Crippen LogP contribution in [0.25, 0.3) is 11.1 Å². The molecule has 0 radical (unpaired) electrons. The molecule has 1 fully saturated rings. The second-order valence-corrected chi connectivity index (χ2v) is 8.90. The van der Waals surface area contributed by atoms with E-state index in [-0.39, 0.29) is 27.4 Å². The molecule has 0 aliphatic heterocycles. The van der Waals surface area contributed by atoms with E-state index >= 15 is 0 Å². The number of esters is 1. The molecule has 1 N–H and O–H groups in total. The fraction of sp³-hybridized carbons (Fsp3) is 0.269. The zero-order chi connectivity index (χ0) is 26.7. The summed E-state index contributed by atoms with van der Waals surface area (Å²) in [5, 5.41) is 2.36. The van der Waals surface area contributed by atoms with Crippen molar-refractivity contribution < 1.29 is 36.6 Å². The SMILES string of the molecule is COC(=O)c1ccc(NC(=O)C(CC2CC2)c2ccc(-c3c(OC(F)F)ccc(Cl)c3F)cn2)cc1F. The smallest absolute Gasteiger partial charge is 0.387 e. The van der Waals surface area contributed by atoms with Crippen LogP contribution < -0.4 is 10.1 Å². The Morgan fingerprint density at radius 1 is 1.14 bits per heavy atom. The van der Waals surface area contributed by atoms with E-state index < -0.39 is 41.8 Å². The Morgan fingerprint density at radius 3 is 2.49 bits per heavy atom. The summed E-state index contributed by atoms with van der Waals surface area (Å²) in [4.78, 5) is 29.1. The van der Waals surface area contributed by atoms with Crippen molar-refractivity contribution >= 4 is 29.2 Å². The van der Waals surface area contributed by atoms with Crippen LogP contribution >= 0.6 is 11.6 Å². The van der Waals surface area contributed by atoms with Gasteiger partial charge in [-0.25, -0.2) is 13.6 Å². The largest absolute Gasteiger partial charge is 0.465 e. The quantitative estimate of drug-likeness (QED) is 0.246. The van der Waals surface area contributed by atoms with E-state index in [0.717, 1.165) is 38.2 Å². The van der Waals surface area contributed by atoms with Crippen molar-refractivity contribution in [3.05, 3.63) is 76.6 Å². The Balaban J connectivity index is 1.60. The van der Waals surface area contributed by atoms with Crippen molar-refractivity contribution in [2.24, 2.45) is 5.92 Å². The van der Waals surface area contributed by atoms with Crippen LogP contribution in [0.4, 0.5) is 23.2 Å². The van der Waals surface area contributed by atoms with Gasteiger partial charge in [0.05, 0.1) is 34.9 Å². The van der Waals surface area contributed by atoms with Gasteiger partial charge >= 0.3 is 12.6 Å². The molecule has 1 amide bonds. The Kier molecular flexibility index (Phi) is 7.97. The third kappa shape index (κ3) is 6.19. The second kappa shape index (κ2) is 11.2. The molecule has 0 bridgehead atoms. The number of hydrogen-bond acceptors (Lipinski definition) is 5. The summed E-state index contributed by atoms with van der Waals surface area (Å²) in [6.45, 7) is -3.18. The van der Waals surface area contributed by atoms with Gasteiger partial charge < -0.3 is 14.8 Å². The number of carbonyl (C=O) groups is 2. The summed E-state index contributed by atoms with van der Waals surface area (Å²) in [6.07, 6.45) is 3.63. The van der Waals surface area contributed by atoms with Gasteiger partial charge in [-0.05, 0) is 48.7 Å². The van der Waals surface area contributed by atoms with Crippen LogP contribution in [0.5, 0.6) is 5.75 Å². The average Bonchev–Trinajstić information content (AvgIpc) is 3.69. The molecule has 194 valence electrons. The topological polar surface area (TPSA) is 77.5 Å². The number of alkyl halides is 2. The first-order valence-electron chi connectivity index (χ1n) is 11.3. The lowest BCUT2D eigenvalue weighted by Gasteiger charge is -2.18. The highest BCUT2D eigenvalue weighted by molar-refractivity contribution is 6.31. The highest BCUT2D eigenvalue weighted by Gasteiger charge is 2.32. The lowest BCUT2D eigenvalue weighted by molar-refractivity contribution is -0.117. The first-order valence-corrected chi connectivity index (χ1v) is 11.6. The van der Waals surface area contributed by atoms with Gasteiger partial charge in [-0.3, -0.25) is 9.78 Å². The highest BCUT2D eigenvalue weighted by Crippen LogP contribution is 2.40. The number of ether oxygens (including phenoxy) is 2. The standard InChI is InChI=1S/C26H21ClF4N2O4/c1-36-25(35)16-6-5-15(11-19(16)28)33-24(34)17(10-13-2-3-13)20-8-4-14(12-32-20)22-21(37-26(30)31)9-7-18(27)23(22)29/h4-9,11-13,17,26H,2-3,10H2,1H3,(H,33,34). The number of aromatic nitrogens is 1. The van der Waals surface area contributed by atoms with Gasteiger partial charge in [0.15, 0.2) is 5.82 Å². The highest BCUT2D eigenvalue weighted by atomic mass is 35.5. The summed E-state index contributed by atoms with van der Waals surface area (Å²) in [6, 6.07) is 8.78. The predicted molar refractivity (Wildman–Crippen MR) is 128 cm³/mol. The normalized spacial score (nSPS) is 13.8. The predicted octanol–water partition coefficient (Wildman–Crippen LogP) is 6.59. The minimum Gasteiger partial charge on any atom is -0.465 e. The molecule has 0 saturated heterocycles. The summed E-state index contributed by atoms with van der Waals surface area (Å²) in [7, 11) is 1.13. The van der Waals surface area contributed by atoms with Gasteiger partial charge in [-0.2, -0.15) is 8.78 Å². The van der Waals surface area contributed by atoms with Crippen LogP contribution in [0.15, 0.2) is 48.7 Å². The van der Waals surface area contributed by atoms with Crippen LogP contribution in [0.2, 0.25) is 5.02 Å². The Bertz CT molecular complexity index is 1320. The zero-order valence-corrected chi connectivity index (χ0v) is 20.2. The molecule has 4 rings (SSSR count). The molecule has 1 atom stereocenters. The van der Waals surface area contributed by atoms with Crippen molar-refractivity contribution in [2.45, 2.75) is 31.8 Å². The van der Waals surface area contributed by atoms with Gasteiger partial charge in [0.25, 0.3) is 0 Å². The molecule has 6 nitrogen and oxygen atoms in total. The molecule has 1 aliphatic rings. The Hall–Kier alpha value is -3.66. The van der Waals surface area contributed by atoms with Crippen molar-refractivity contribution in [1.29, 1.82) is 0 Å². The minimum atomic E-state index is -3.18. The van der Waals surface area contributed by atoms with Gasteiger partial charge in [0.2, 0.25) is 5.91 Å². The van der Waals surface area contributed by atoms with E-state index in [4.69, 9.17) is 11.6 Å². The molecule has 2 aromatic carbocycles. The van der Waals surface area contributed by atoms with E-state index in [0.29, 0.717) is 18.0 Å². The second-order valence-electron chi connectivity index (χ2n) is 8.49.